The molecule has 0 aliphatic rings. The Kier molecular flexibility index (Phi) is 4.69. The average Bonchev–Trinajstić information content (AvgIpc) is 3.08. The van der Waals surface area contributed by atoms with Gasteiger partial charge in [-0.2, -0.15) is 0 Å². The molecule has 0 amide bonds. The molecular formula is C17H18FN5O. The van der Waals surface area contributed by atoms with Crippen molar-refractivity contribution in [3.8, 4) is 11.6 Å². The Bertz CT molecular complexity index is 805. The predicted molar refractivity (Wildman–Crippen MR) is 88.6 cm³/mol. The summed E-state index contributed by atoms with van der Waals surface area (Å²) in [5.74, 6) is 0.651. The number of halogens is 1. The van der Waals surface area contributed by atoms with E-state index < -0.39 is 0 Å². The zero-order chi connectivity index (χ0) is 16.9. The number of anilines is 1. The quantitative estimate of drug-likeness (QED) is 0.753. The van der Waals surface area contributed by atoms with E-state index in [2.05, 4.69) is 20.3 Å². The van der Waals surface area contributed by atoms with E-state index in [-0.39, 0.29) is 11.9 Å². The zero-order valence-corrected chi connectivity index (χ0v) is 13.5. The monoisotopic (exact) mass is 327 g/mol. The fourth-order valence-corrected chi connectivity index (χ4v) is 2.21. The summed E-state index contributed by atoms with van der Waals surface area (Å²) in [6.07, 6.45) is 8.02. The molecule has 6 nitrogen and oxygen atoms in total. The van der Waals surface area contributed by atoms with Crippen LogP contribution in [0.25, 0.3) is 5.69 Å². The highest BCUT2D eigenvalue weighted by atomic mass is 19.1. The minimum atomic E-state index is -0.315. The van der Waals surface area contributed by atoms with Crippen LogP contribution in [0.5, 0.6) is 5.88 Å². The van der Waals surface area contributed by atoms with Crippen molar-refractivity contribution in [3.05, 3.63) is 60.7 Å². The van der Waals surface area contributed by atoms with Crippen molar-refractivity contribution in [2.24, 2.45) is 0 Å². The number of hydrogen-bond donors (Lipinski definition) is 1. The molecule has 2 heterocycles. The lowest BCUT2D eigenvalue weighted by molar-refractivity contribution is 0.233. The second-order valence-corrected chi connectivity index (χ2v) is 5.49. The molecule has 0 saturated carbocycles. The Labute approximate surface area is 139 Å². The number of nitrogens with zero attached hydrogens (tertiary/aromatic N) is 4. The lowest BCUT2D eigenvalue weighted by Gasteiger charge is -2.13. The molecule has 3 aromatic rings. The molecule has 0 atom stereocenters. The third-order valence-corrected chi connectivity index (χ3v) is 3.27. The summed E-state index contributed by atoms with van der Waals surface area (Å²) in [7, 11) is 0. The minimum Gasteiger partial charge on any atom is -0.472 e. The predicted octanol–water partition coefficient (Wildman–Crippen LogP) is 3.20. The molecule has 1 N–H and O–H groups in total. The molecule has 2 aromatic heterocycles. The van der Waals surface area contributed by atoms with E-state index in [0.29, 0.717) is 23.9 Å². The summed E-state index contributed by atoms with van der Waals surface area (Å²) in [6, 6.07) is 5.06. The fourth-order valence-electron chi connectivity index (χ4n) is 2.21. The molecule has 7 heteroatoms. The molecule has 1 aromatic carbocycles. The van der Waals surface area contributed by atoms with Crippen molar-refractivity contribution < 1.29 is 9.13 Å². The van der Waals surface area contributed by atoms with Gasteiger partial charge in [0.1, 0.15) is 5.82 Å². The highest BCUT2D eigenvalue weighted by molar-refractivity contribution is 5.46. The topological polar surface area (TPSA) is 64.9 Å². The van der Waals surface area contributed by atoms with Gasteiger partial charge in [-0.1, -0.05) is 6.07 Å². The summed E-state index contributed by atoms with van der Waals surface area (Å²) >= 11 is 0. The molecule has 0 aliphatic carbocycles. The molecular weight excluding hydrogens is 309 g/mol. The van der Waals surface area contributed by atoms with Crippen LogP contribution in [0.2, 0.25) is 0 Å². The summed E-state index contributed by atoms with van der Waals surface area (Å²) < 4.78 is 21.5. The van der Waals surface area contributed by atoms with Crippen LogP contribution in [0, 0.1) is 5.82 Å². The first-order valence-corrected chi connectivity index (χ1v) is 7.62. The van der Waals surface area contributed by atoms with E-state index in [4.69, 9.17) is 4.74 Å². The van der Waals surface area contributed by atoms with Gasteiger partial charge in [0.25, 0.3) is 5.88 Å². The summed E-state index contributed by atoms with van der Waals surface area (Å²) in [5, 5.41) is 3.13. The molecule has 0 fully saturated rings. The molecule has 0 saturated heterocycles. The van der Waals surface area contributed by atoms with Crippen LogP contribution in [0.4, 0.5) is 10.2 Å². The Morgan fingerprint density at radius 1 is 1.21 bits per heavy atom. The molecule has 3 rings (SSSR count). The maximum atomic E-state index is 14.3. The lowest BCUT2D eigenvalue weighted by atomic mass is 10.2. The van der Waals surface area contributed by atoms with Crippen molar-refractivity contribution in [3.63, 3.8) is 0 Å². The van der Waals surface area contributed by atoms with E-state index in [1.54, 1.807) is 41.7 Å². The second kappa shape index (κ2) is 7.08. The number of benzene rings is 1. The second-order valence-electron chi connectivity index (χ2n) is 5.49. The first-order valence-electron chi connectivity index (χ1n) is 7.62. The maximum absolute atomic E-state index is 14.3. The van der Waals surface area contributed by atoms with Gasteiger partial charge in [0, 0.05) is 31.3 Å². The van der Waals surface area contributed by atoms with Gasteiger partial charge in [-0.05, 0) is 31.5 Å². The first-order chi connectivity index (χ1) is 11.6. The Morgan fingerprint density at radius 2 is 2.04 bits per heavy atom. The smallest absolute Gasteiger partial charge is 0.257 e. The summed E-state index contributed by atoms with van der Waals surface area (Å²) in [6.45, 7) is 4.25. The molecule has 124 valence electrons. The standard InChI is InChI=1S/C17H18FN5O/c1-12(2)24-17-16(20-5-6-21-17)22-10-13-3-4-15(14(18)9-13)23-8-7-19-11-23/h3-9,11-12H,10H2,1-2H3,(H,20,22). The fraction of sp³-hybridized carbons (Fsp3) is 0.235. The number of imidazole rings is 1. The number of aromatic nitrogens is 4. The maximum Gasteiger partial charge on any atom is 0.257 e. The highest BCUT2D eigenvalue weighted by Gasteiger charge is 2.09. The Hall–Kier alpha value is -2.96. The summed E-state index contributed by atoms with van der Waals surface area (Å²) in [4.78, 5) is 12.3. The van der Waals surface area contributed by atoms with E-state index in [0.717, 1.165) is 5.56 Å². The van der Waals surface area contributed by atoms with Crippen LogP contribution in [0.1, 0.15) is 19.4 Å². The molecule has 0 spiro atoms. The number of hydrogen-bond acceptors (Lipinski definition) is 5. The number of rotatable bonds is 6. The normalized spacial score (nSPS) is 10.8. The largest absolute Gasteiger partial charge is 0.472 e. The van der Waals surface area contributed by atoms with E-state index >= 15 is 0 Å². The zero-order valence-electron chi connectivity index (χ0n) is 13.5. The Balaban J connectivity index is 1.73. The van der Waals surface area contributed by atoms with Gasteiger partial charge in [0.05, 0.1) is 18.1 Å². The third-order valence-electron chi connectivity index (χ3n) is 3.27. The molecule has 0 aliphatic heterocycles. The van der Waals surface area contributed by atoms with Crippen LogP contribution in [-0.2, 0) is 6.54 Å². The van der Waals surface area contributed by atoms with Crippen molar-refractivity contribution in [2.75, 3.05) is 5.32 Å². The van der Waals surface area contributed by atoms with Crippen LogP contribution in [0.3, 0.4) is 0 Å². The third kappa shape index (κ3) is 3.68. The van der Waals surface area contributed by atoms with E-state index in [1.165, 1.54) is 6.07 Å². The van der Waals surface area contributed by atoms with Gasteiger partial charge < -0.3 is 14.6 Å². The highest BCUT2D eigenvalue weighted by Crippen LogP contribution is 2.21. The number of ether oxygens (including phenoxy) is 1. The van der Waals surface area contributed by atoms with Crippen LogP contribution < -0.4 is 10.1 Å². The molecule has 0 bridgehead atoms. The van der Waals surface area contributed by atoms with Gasteiger partial charge in [-0.25, -0.2) is 19.3 Å². The van der Waals surface area contributed by atoms with Gasteiger partial charge in [0.2, 0.25) is 0 Å². The van der Waals surface area contributed by atoms with Gasteiger partial charge in [-0.15, -0.1) is 0 Å². The molecule has 0 unspecified atom stereocenters. The van der Waals surface area contributed by atoms with E-state index in [1.807, 2.05) is 19.9 Å². The average molecular weight is 327 g/mol. The van der Waals surface area contributed by atoms with Crippen molar-refractivity contribution >= 4 is 5.82 Å². The SMILES string of the molecule is CC(C)Oc1nccnc1NCc1ccc(-n2ccnc2)c(F)c1. The minimum absolute atomic E-state index is 0.00541. The van der Waals surface area contributed by atoms with Crippen LogP contribution in [0.15, 0.2) is 49.3 Å². The van der Waals surface area contributed by atoms with Gasteiger partial charge in [0.15, 0.2) is 5.82 Å². The van der Waals surface area contributed by atoms with Gasteiger partial charge >= 0.3 is 0 Å². The Morgan fingerprint density at radius 3 is 2.75 bits per heavy atom. The first kappa shape index (κ1) is 15.9. The molecule has 24 heavy (non-hydrogen) atoms. The van der Waals surface area contributed by atoms with Crippen molar-refractivity contribution in [2.45, 2.75) is 26.5 Å². The van der Waals surface area contributed by atoms with Crippen molar-refractivity contribution in [1.29, 1.82) is 0 Å². The van der Waals surface area contributed by atoms with Crippen LogP contribution >= 0.6 is 0 Å². The summed E-state index contributed by atoms with van der Waals surface area (Å²) in [5.41, 5.74) is 1.25. The lowest BCUT2D eigenvalue weighted by Crippen LogP contribution is -2.11. The van der Waals surface area contributed by atoms with Crippen LogP contribution in [-0.4, -0.2) is 25.6 Å². The number of nitrogens with one attached hydrogen (secondary N) is 1. The molecule has 0 radical (unpaired) electrons. The van der Waals surface area contributed by atoms with Crippen molar-refractivity contribution in [1.82, 2.24) is 19.5 Å². The van der Waals surface area contributed by atoms with E-state index in [9.17, 15) is 4.39 Å². The van der Waals surface area contributed by atoms with Gasteiger partial charge in [-0.3, -0.25) is 0 Å².